The van der Waals surface area contributed by atoms with Gasteiger partial charge in [0.25, 0.3) is 0 Å². The quantitative estimate of drug-likeness (QED) is 0.418. The average Bonchev–Trinajstić information content (AvgIpc) is 3.23. The summed E-state index contributed by atoms with van der Waals surface area (Å²) in [5.74, 6) is 1.96. The topological polar surface area (TPSA) is 46.1 Å². The minimum absolute atomic E-state index is 0. The molecule has 1 aromatic rings. The monoisotopic (exact) mass is 459 g/mol. The summed E-state index contributed by atoms with van der Waals surface area (Å²) in [5, 5.41) is 3.51. The van der Waals surface area contributed by atoms with Gasteiger partial charge in [-0.2, -0.15) is 0 Å². The molecule has 0 saturated carbocycles. The van der Waals surface area contributed by atoms with E-state index in [0.717, 1.165) is 51.0 Å². The first-order valence-corrected chi connectivity index (χ1v) is 9.00. The number of hydrogen-bond donors (Lipinski definition) is 1. The van der Waals surface area contributed by atoms with Crippen LogP contribution in [-0.4, -0.2) is 57.4 Å². The van der Waals surface area contributed by atoms with Crippen LogP contribution in [0.25, 0.3) is 0 Å². The van der Waals surface area contributed by atoms with Gasteiger partial charge in [-0.05, 0) is 43.9 Å². The normalized spacial score (nSPS) is 23.0. The fourth-order valence-electron chi connectivity index (χ4n) is 3.70. The molecule has 3 rings (SSSR count). The molecule has 1 N–H and O–H groups in total. The van der Waals surface area contributed by atoms with Gasteiger partial charge in [-0.1, -0.05) is 12.1 Å². The van der Waals surface area contributed by atoms with Crippen molar-refractivity contribution < 1.29 is 9.47 Å². The van der Waals surface area contributed by atoms with Crippen molar-refractivity contribution in [3.05, 3.63) is 29.8 Å². The summed E-state index contributed by atoms with van der Waals surface area (Å²) in [7, 11) is 1.87. The van der Waals surface area contributed by atoms with Crippen molar-refractivity contribution in [3.63, 3.8) is 0 Å². The molecule has 0 radical (unpaired) electrons. The summed E-state index contributed by atoms with van der Waals surface area (Å²) >= 11 is 0. The summed E-state index contributed by atoms with van der Waals surface area (Å²) in [6.45, 7) is 7.55. The Morgan fingerprint density at radius 1 is 1.40 bits per heavy atom. The smallest absolute Gasteiger partial charge is 0.193 e. The maximum atomic E-state index is 5.62. The number of halogens is 1. The molecule has 2 saturated heterocycles. The van der Waals surface area contributed by atoms with Crippen LogP contribution in [0, 0.1) is 5.41 Å². The summed E-state index contributed by atoms with van der Waals surface area (Å²) in [4.78, 5) is 6.85. The lowest BCUT2D eigenvalue weighted by Crippen LogP contribution is -2.42. The number of guanidine groups is 1. The highest BCUT2D eigenvalue weighted by Crippen LogP contribution is 2.38. The highest BCUT2D eigenvalue weighted by molar-refractivity contribution is 14.0. The molecule has 2 aliphatic heterocycles. The van der Waals surface area contributed by atoms with E-state index in [4.69, 9.17) is 9.47 Å². The maximum absolute atomic E-state index is 5.62. The zero-order chi connectivity index (χ0) is 16.8. The van der Waals surface area contributed by atoms with Gasteiger partial charge in [-0.25, -0.2) is 0 Å². The van der Waals surface area contributed by atoms with E-state index in [1.165, 1.54) is 18.4 Å². The second kappa shape index (κ2) is 9.62. The molecule has 2 fully saturated rings. The Morgan fingerprint density at radius 2 is 2.28 bits per heavy atom. The van der Waals surface area contributed by atoms with Crippen molar-refractivity contribution in [2.75, 3.05) is 46.5 Å². The lowest BCUT2D eigenvalue weighted by Gasteiger charge is -2.25. The van der Waals surface area contributed by atoms with E-state index in [2.05, 4.69) is 33.4 Å². The molecule has 140 valence electrons. The molecule has 0 aromatic heterocycles. The average molecular weight is 459 g/mol. The van der Waals surface area contributed by atoms with E-state index in [-0.39, 0.29) is 24.0 Å². The van der Waals surface area contributed by atoms with Gasteiger partial charge in [0.2, 0.25) is 0 Å². The Hall–Kier alpha value is -1.02. The third kappa shape index (κ3) is 5.23. The zero-order valence-corrected chi connectivity index (χ0v) is 17.6. The summed E-state index contributed by atoms with van der Waals surface area (Å²) in [5.41, 5.74) is 1.65. The van der Waals surface area contributed by atoms with Crippen molar-refractivity contribution in [1.29, 1.82) is 0 Å². The second-order valence-corrected chi connectivity index (χ2v) is 6.78. The number of benzene rings is 1. The molecule has 0 aliphatic carbocycles. The molecule has 25 heavy (non-hydrogen) atoms. The molecule has 6 heteroatoms. The lowest BCUT2D eigenvalue weighted by molar-refractivity contribution is 0.156. The van der Waals surface area contributed by atoms with Crippen molar-refractivity contribution in [2.24, 2.45) is 10.4 Å². The minimum atomic E-state index is 0. The van der Waals surface area contributed by atoms with Crippen molar-refractivity contribution in [1.82, 2.24) is 10.2 Å². The predicted molar refractivity (Wildman–Crippen MR) is 112 cm³/mol. The Labute approximate surface area is 168 Å². The number of likely N-dealkylation sites (tertiary alicyclic amines) is 1. The second-order valence-electron chi connectivity index (χ2n) is 6.78. The molecule has 0 bridgehead atoms. The molecule has 1 unspecified atom stereocenters. The fraction of sp³-hybridized carbons (Fsp3) is 0.632. The van der Waals surface area contributed by atoms with Gasteiger partial charge in [-0.3, -0.25) is 4.99 Å². The van der Waals surface area contributed by atoms with E-state index in [0.29, 0.717) is 12.0 Å². The van der Waals surface area contributed by atoms with Gasteiger partial charge in [0.05, 0.1) is 13.2 Å². The number of rotatable bonds is 5. The number of hydrogen-bond acceptors (Lipinski definition) is 3. The predicted octanol–water partition coefficient (Wildman–Crippen LogP) is 2.93. The third-order valence-corrected chi connectivity index (χ3v) is 5.04. The Kier molecular flexibility index (Phi) is 7.81. The summed E-state index contributed by atoms with van der Waals surface area (Å²) in [6, 6.07) is 8.33. The van der Waals surface area contributed by atoms with Gasteiger partial charge in [0.15, 0.2) is 5.96 Å². The number of ether oxygens (including phenoxy) is 2. The van der Waals surface area contributed by atoms with Gasteiger partial charge in [-0.15, -0.1) is 24.0 Å². The molecule has 1 spiro atoms. The highest BCUT2D eigenvalue weighted by Gasteiger charge is 2.42. The Balaban J connectivity index is 0.00000225. The summed E-state index contributed by atoms with van der Waals surface area (Å²) in [6.07, 6.45) is 3.36. The molecule has 2 aliphatic rings. The van der Waals surface area contributed by atoms with E-state index in [1.54, 1.807) is 0 Å². The van der Waals surface area contributed by atoms with Crippen LogP contribution in [0.5, 0.6) is 5.75 Å². The number of aliphatic imine (C=N–C) groups is 1. The zero-order valence-electron chi connectivity index (χ0n) is 15.3. The van der Waals surface area contributed by atoms with Crippen LogP contribution in [0.1, 0.15) is 25.3 Å². The Bertz CT molecular complexity index is 574. The molecular formula is C19H30IN3O2. The van der Waals surface area contributed by atoms with Crippen LogP contribution in [0.2, 0.25) is 0 Å². The van der Waals surface area contributed by atoms with E-state index < -0.39 is 0 Å². The van der Waals surface area contributed by atoms with Crippen LogP contribution in [0.15, 0.2) is 29.3 Å². The van der Waals surface area contributed by atoms with Gasteiger partial charge in [0.1, 0.15) is 5.75 Å². The van der Waals surface area contributed by atoms with Crippen LogP contribution in [0.4, 0.5) is 0 Å². The SMILES string of the molecule is CCOc1cccc(CCNC(=NC)N2CCC3(CCOC3)C2)c1.I. The highest BCUT2D eigenvalue weighted by atomic mass is 127. The lowest BCUT2D eigenvalue weighted by atomic mass is 9.87. The van der Waals surface area contributed by atoms with E-state index in [1.807, 2.05) is 20.0 Å². The van der Waals surface area contributed by atoms with Crippen LogP contribution in [-0.2, 0) is 11.2 Å². The summed E-state index contributed by atoms with van der Waals surface area (Å²) < 4.78 is 11.2. The first-order chi connectivity index (χ1) is 11.7. The molecule has 5 nitrogen and oxygen atoms in total. The van der Waals surface area contributed by atoms with Gasteiger partial charge in [0, 0.05) is 38.7 Å². The van der Waals surface area contributed by atoms with Crippen LogP contribution >= 0.6 is 24.0 Å². The molecular weight excluding hydrogens is 429 g/mol. The molecule has 0 amide bonds. The minimum Gasteiger partial charge on any atom is -0.494 e. The van der Waals surface area contributed by atoms with Crippen molar-refractivity contribution >= 4 is 29.9 Å². The fourth-order valence-corrected chi connectivity index (χ4v) is 3.70. The number of nitrogens with zero attached hydrogens (tertiary/aromatic N) is 2. The standard InChI is InChI=1S/C19H29N3O2.HI/c1-3-24-17-6-4-5-16(13-17)7-10-21-18(20-2)22-11-8-19(14-22)9-12-23-15-19;/h4-6,13H,3,7-12,14-15H2,1-2H3,(H,20,21);1H. The maximum Gasteiger partial charge on any atom is 0.193 e. The van der Waals surface area contributed by atoms with E-state index in [9.17, 15) is 0 Å². The van der Waals surface area contributed by atoms with Crippen LogP contribution < -0.4 is 10.1 Å². The Morgan fingerprint density at radius 3 is 3.00 bits per heavy atom. The first kappa shape index (κ1) is 20.3. The molecule has 1 aromatic carbocycles. The van der Waals surface area contributed by atoms with Gasteiger partial charge < -0.3 is 19.7 Å². The number of nitrogens with one attached hydrogen (secondary N) is 1. The van der Waals surface area contributed by atoms with Gasteiger partial charge >= 0.3 is 0 Å². The first-order valence-electron chi connectivity index (χ1n) is 9.00. The van der Waals surface area contributed by atoms with Crippen molar-refractivity contribution in [3.8, 4) is 5.75 Å². The van der Waals surface area contributed by atoms with E-state index >= 15 is 0 Å². The third-order valence-electron chi connectivity index (χ3n) is 5.04. The molecule has 2 heterocycles. The largest absolute Gasteiger partial charge is 0.494 e. The van der Waals surface area contributed by atoms with Crippen molar-refractivity contribution in [2.45, 2.75) is 26.2 Å². The molecule has 1 atom stereocenters. The van der Waals surface area contributed by atoms with Crippen LogP contribution in [0.3, 0.4) is 0 Å².